The van der Waals surface area contributed by atoms with Gasteiger partial charge >= 0.3 is 6.01 Å². The smallest absolute Gasteiger partial charge is 0.336 e. The van der Waals surface area contributed by atoms with Crippen LogP contribution in [0.4, 0.5) is 5.95 Å². The molecule has 104 valence electrons. The molecule has 0 bridgehead atoms. The number of ether oxygens (including phenoxy) is 1. The fourth-order valence-electron chi connectivity index (χ4n) is 2.26. The van der Waals surface area contributed by atoms with Gasteiger partial charge in [-0.1, -0.05) is 30.3 Å². The second-order valence-corrected chi connectivity index (χ2v) is 5.07. The van der Waals surface area contributed by atoms with E-state index in [-0.39, 0.29) is 17.3 Å². The molecule has 0 atom stereocenters. The topological polar surface area (TPSA) is 79.9 Å². The lowest BCUT2D eigenvalue weighted by Crippen LogP contribution is -2.26. The second kappa shape index (κ2) is 4.96. The maximum Gasteiger partial charge on any atom is 0.336 e. The zero-order chi connectivity index (χ0) is 14.0. The lowest BCUT2D eigenvalue weighted by atomic mass is 9.96. The maximum absolute atomic E-state index is 12.4. The highest BCUT2D eigenvalue weighted by molar-refractivity contribution is 5.96. The van der Waals surface area contributed by atoms with Crippen molar-refractivity contribution in [2.24, 2.45) is 5.41 Å². The highest BCUT2D eigenvalue weighted by Crippen LogP contribution is 2.49. The molecule has 0 radical (unpaired) electrons. The molecule has 2 aromatic rings. The molecule has 6 heteroatoms. The number of hydrogen-bond acceptors (Lipinski definition) is 4. The Morgan fingerprint density at radius 2 is 2.15 bits per heavy atom. The second-order valence-electron chi connectivity index (χ2n) is 5.07. The van der Waals surface area contributed by atoms with E-state index in [0.29, 0.717) is 5.95 Å². The quantitative estimate of drug-likeness (QED) is 0.869. The van der Waals surface area contributed by atoms with Crippen molar-refractivity contribution >= 4 is 11.9 Å². The number of carbonyl (C=O) groups excluding carboxylic acids is 1. The number of H-pyrrole nitrogens is 1. The number of benzene rings is 1. The molecule has 20 heavy (non-hydrogen) atoms. The monoisotopic (exact) mass is 272 g/mol. The highest BCUT2D eigenvalue weighted by atomic mass is 16.5. The van der Waals surface area contributed by atoms with Gasteiger partial charge in [0.05, 0.1) is 12.5 Å². The summed E-state index contributed by atoms with van der Waals surface area (Å²) in [6.07, 6.45) is 2.56. The van der Waals surface area contributed by atoms with Crippen LogP contribution in [-0.4, -0.2) is 28.2 Å². The molecule has 1 heterocycles. The molecule has 1 saturated carbocycles. The first-order valence-corrected chi connectivity index (χ1v) is 6.54. The number of nitrogens with one attached hydrogen (secondary N) is 2. The number of aromatic nitrogens is 3. The van der Waals surface area contributed by atoms with Crippen molar-refractivity contribution in [3.8, 4) is 6.01 Å². The number of amides is 1. The largest absolute Gasteiger partial charge is 0.466 e. The number of anilines is 1. The third-order valence-corrected chi connectivity index (χ3v) is 3.60. The third kappa shape index (κ3) is 2.49. The number of aromatic amines is 1. The van der Waals surface area contributed by atoms with Gasteiger partial charge in [0.25, 0.3) is 0 Å². The van der Waals surface area contributed by atoms with Crippen molar-refractivity contribution < 1.29 is 9.53 Å². The first-order valence-electron chi connectivity index (χ1n) is 6.54. The summed E-state index contributed by atoms with van der Waals surface area (Å²) in [6, 6.07) is 10.3. The van der Waals surface area contributed by atoms with E-state index >= 15 is 0 Å². The summed E-state index contributed by atoms with van der Waals surface area (Å²) in [5.74, 6) is 0.311. The predicted molar refractivity (Wildman–Crippen MR) is 73.4 cm³/mol. The van der Waals surface area contributed by atoms with Gasteiger partial charge in [0.1, 0.15) is 0 Å². The van der Waals surface area contributed by atoms with Crippen LogP contribution in [-0.2, 0) is 11.2 Å². The number of rotatable bonds is 5. The molecule has 0 saturated heterocycles. The van der Waals surface area contributed by atoms with Gasteiger partial charge in [0, 0.05) is 0 Å². The van der Waals surface area contributed by atoms with Gasteiger partial charge in [0.2, 0.25) is 11.9 Å². The Balaban J connectivity index is 1.67. The Labute approximate surface area is 116 Å². The lowest BCUT2D eigenvalue weighted by Gasteiger charge is -2.13. The van der Waals surface area contributed by atoms with E-state index in [9.17, 15) is 4.79 Å². The molecule has 3 rings (SSSR count). The molecule has 0 spiro atoms. The molecule has 1 aromatic heterocycles. The Hall–Kier alpha value is -2.37. The Bertz CT molecular complexity index is 605. The summed E-state index contributed by atoms with van der Waals surface area (Å²) in [7, 11) is 1.48. The van der Waals surface area contributed by atoms with Crippen LogP contribution in [0.3, 0.4) is 0 Å². The average molecular weight is 272 g/mol. The standard InChI is InChI=1S/C14H16N4O2/c1-20-13-16-12(17-18-13)15-11(19)14(7-8-14)9-10-5-3-2-4-6-10/h2-6H,7-9H2,1H3,(H2,15,16,17,18,19). The van der Waals surface area contributed by atoms with Crippen LogP contribution in [0.25, 0.3) is 0 Å². The zero-order valence-corrected chi connectivity index (χ0v) is 11.2. The van der Waals surface area contributed by atoms with E-state index in [0.717, 1.165) is 19.3 Å². The highest BCUT2D eigenvalue weighted by Gasteiger charge is 2.49. The van der Waals surface area contributed by atoms with E-state index in [2.05, 4.69) is 20.5 Å². The van der Waals surface area contributed by atoms with Gasteiger partial charge in [-0.3, -0.25) is 10.1 Å². The Kier molecular flexibility index (Phi) is 3.14. The number of nitrogens with zero attached hydrogens (tertiary/aromatic N) is 2. The molecule has 1 aromatic carbocycles. The van der Waals surface area contributed by atoms with Crippen LogP contribution in [0.2, 0.25) is 0 Å². The molecule has 6 nitrogen and oxygen atoms in total. The SMILES string of the molecule is COc1n[nH]c(NC(=O)C2(Cc3ccccc3)CC2)n1. The molecule has 2 N–H and O–H groups in total. The van der Waals surface area contributed by atoms with Crippen molar-refractivity contribution in [2.45, 2.75) is 19.3 Å². The van der Waals surface area contributed by atoms with E-state index in [1.807, 2.05) is 30.3 Å². The van der Waals surface area contributed by atoms with Crippen molar-refractivity contribution in [1.29, 1.82) is 0 Å². The van der Waals surface area contributed by atoms with Crippen molar-refractivity contribution in [2.75, 3.05) is 12.4 Å². The van der Waals surface area contributed by atoms with Crippen LogP contribution in [0, 0.1) is 5.41 Å². The molecule has 1 aliphatic rings. The molecule has 0 unspecified atom stereocenters. The molecular formula is C14H16N4O2. The maximum atomic E-state index is 12.4. The summed E-state index contributed by atoms with van der Waals surface area (Å²) < 4.78 is 4.87. The van der Waals surface area contributed by atoms with Gasteiger partial charge in [-0.15, -0.1) is 5.10 Å². The van der Waals surface area contributed by atoms with Crippen LogP contribution in [0.15, 0.2) is 30.3 Å². The molecule has 1 amide bonds. The lowest BCUT2D eigenvalue weighted by molar-refractivity contribution is -0.121. The summed E-state index contributed by atoms with van der Waals surface area (Å²) in [5, 5.41) is 9.21. The normalized spacial score (nSPS) is 15.7. The fourth-order valence-corrected chi connectivity index (χ4v) is 2.26. The minimum absolute atomic E-state index is 0.0137. The van der Waals surface area contributed by atoms with Gasteiger partial charge in [0.15, 0.2) is 0 Å². The van der Waals surface area contributed by atoms with Crippen LogP contribution < -0.4 is 10.1 Å². The summed E-state index contributed by atoms with van der Waals surface area (Å²) >= 11 is 0. The zero-order valence-electron chi connectivity index (χ0n) is 11.2. The number of carbonyl (C=O) groups is 1. The summed E-state index contributed by atoms with van der Waals surface area (Å²) in [4.78, 5) is 16.4. The van der Waals surface area contributed by atoms with Crippen molar-refractivity contribution in [3.05, 3.63) is 35.9 Å². The van der Waals surface area contributed by atoms with Gasteiger partial charge < -0.3 is 4.74 Å². The minimum atomic E-state index is -0.304. The van der Waals surface area contributed by atoms with E-state index in [1.54, 1.807) is 0 Å². The molecule has 1 fully saturated rings. The molecular weight excluding hydrogens is 256 g/mol. The fraction of sp³-hybridized carbons (Fsp3) is 0.357. The average Bonchev–Trinajstić information content (AvgIpc) is 3.11. The Morgan fingerprint density at radius 3 is 2.75 bits per heavy atom. The van der Waals surface area contributed by atoms with Gasteiger partial charge in [-0.05, 0) is 24.8 Å². The first kappa shape index (κ1) is 12.7. The van der Waals surface area contributed by atoms with E-state index < -0.39 is 0 Å². The summed E-state index contributed by atoms with van der Waals surface area (Å²) in [5.41, 5.74) is 0.872. The third-order valence-electron chi connectivity index (χ3n) is 3.60. The van der Waals surface area contributed by atoms with Crippen molar-refractivity contribution in [1.82, 2.24) is 15.2 Å². The van der Waals surface area contributed by atoms with Crippen LogP contribution in [0.1, 0.15) is 18.4 Å². The molecule has 0 aliphatic heterocycles. The van der Waals surface area contributed by atoms with Crippen LogP contribution in [0.5, 0.6) is 6.01 Å². The minimum Gasteiger partial charge on any atom is -0.466 e. The summed E-state index contributed by atoms with van der Waals surface area (Å²) in [6.45, 7) is 0. The first-order chi connectivity index (χ1) is 9.72. The van der Waals surface area contributed by atoms with Crippen LogP contribution >= 0.6 is 0 Å². The van der Waals surface area contributed by atoms with Crippen molar-refractivity contribution in [3.63, 3.8) is 0 Å². The predicted octanol–water partition coefficient (Wildman–Crippen LogP) is 1.77. The number of hydrogen-bond donors (Lipinski definition) is 2. The van der Waals surface area contributed by atoms with Gasteiger partial charge in [-0.25, -0.2) is 5.10 Å². The van der Waals surface area contributed by atoms with E-state index in [1.165, 1.54) is 12.7 Å². The van der Waals surface area contributed by atoms with Gasteiger partial charge in [-0.2, -0.15) is 4.98 Å². The number of methoxy groups -OCH3 is 1. The molecule has 1 aliphatic carbocycles. The van der Waals surface area contributed by atoms with E-state index in [4.69, 9.17) is 4.74 Å². The Morgan fingerprint density at radius 1 is 1.40 bits per heavy atom.